The van der Waals surface area contributed by atoms with Crippen molar-refractivity contribution >= 4 is 28.2 Å². The number of carbonyl (C=O) groups is 2. The molecule has 0 bridgehead atoms. The smallest absolute Gasteiger partial charge is 0.276 e. The van der Waals surface area contributed by atoms with Crippen LogP contribution in [0.5, 0.6) is 0 Å². The Morgan fingerprint density at radius 1 is 1.23 bits per heavy atom. The number of carbonyl (C=O) groups excluding carboxylic acids is 2. The molecule has 2 amide bonds. The number of nitrogens with zero attached hydrogens (tertiary/aromatic N) is 2. The van der Waals surface area contributed by atoms with Crippen molar-refractivity contribution in [3.05, 3.63) is 44.2 Å². The van der Waals surface area contributed by atoms with Crippen LogP contribution in [0.25, 0.3) is 0 Å². The van der Waals surface area contributed by atoms with E-state index in [9.17, 15) is 14.4 Å². The van der Waals surface area contributed by atoms with E-state index < -0.39 is 5.91 Å². The number of ether oxygens (including phenoxy) is 1. The molecule has 2 N–H and O–H groups in total. The van der Waals surface area contributed by atoms with E-state index in [4.69, 9.17) is 4.74 Å². The number of hydrogen-bond donors (Lipinski definition) is 2. The van der Waals surface area contributed by atoms with Gasteiger partial charge in [-0.15, -0.1) is 11.3 Å². The molecule has 0 aromatic carbocycles. The molecular weight excluding hydrogens is 404 g/mol. The third-order valence-electron chi connectivity index (χ3n) is 4.97. The second kappa shape index (κ2) is 10.5. The lowest BCUT2D eigenvalue weighted by Gasteiger charge is -2.13. The summed E-state index contributed by atoms with van der Waals surface area (Å²) in [4.78, 5) is 38.8. The molecule has 1 aliphatic rings. The van der Waals surface area contributed by atoms with Crippen LogP contribution >= 0.6 is 11.3 Å². The minimum Gasteiger partial charge on any atom is -0.385 e. The molecule has 0 unspecified atom stereocenters. The molecule has 0 aliphatic heterocycles. The molecule has 0 spiro atoms. The van der Waals surface area contributed by atoms with Gasteiger partial charge in [-0.1, -0.05) is 6.92 Å². The van der Waals surface area contributed by atoms with E-state index >= 15 is 0 Å². The molecular formula is C21H28N4O4S. The summed E-state index contributed by atoms with van der Waals surface area (Å²) >= 11 is 1.46. The number of amides is 2. The van der Waals surface area contributed by atoms with Crippen LogP contribution in [-0.4, -0.2) is 41.9 Å². The monoisotopic (exact) mass is 432 g/mol. The predicted molar refractivity (Wildman–Crippen MR) is 117 cm³/mol. The Labute approximate surface area is 179 Å². The van der Waals surface area contributed by atoms with Gasteiger partial charge in [-0.3, -0.25) is 14.4 Å². The molecule has 9 heteroatoms. The molecule has 162 valence electrons. The summed E-state index contributed by atoms with van der Waals surface area (Å²) in [5, 5.41) is 10.5. The van der Waals surface area contributed by atoms with Crippen molar-refractivity contribution in [1.29, 1.82) is 0 Å². The maximum Gasteiger partial charge on any atom is 0.276 e. The molecule has 30 heavy (non-hydrogen) atoms. The summed E-state index contributed by atoms with van der Waals surface area (Å²) < 4.78 is 6.32. The van der Waals surface area contributed by atoms with Crippen molar-refractivity contribution in [1.82, 2.24) is 15.1 Å². The van der Waals surface area contributed by atoms with Crippen LogP contribution in [0.1, 0.15) is 63.9 Å². The number of hydrogen-bond acceptors (Lipinski definition) is 6. The van der Waals surface area contributed by atoms with Gasteiger partial charge in [0.15, 0.2) is 0 Å². The van der Waals surface area contributed by atoms with Gasteiger partial charge in [-0.25, -0.2) is 4.68 Å². The number of methoxy groups -OCH3 is 1. The first-order valence-electron chi connectivity index (χ1n) is 10.4. The second-order valence-corrected chi connectivity index (χ2v) is 8.36. The number of thiophene rings is 1. The predicted octanol–water partition coefficient (Wildman–Crippen LogP) is 2.61. The van der Waals surface area contributed by atoms with Crippen LogP contribution in [0.2, 0.25) is 0 Å². The van der Waals surface area contributed by atoms with Gasteiger partial charge in [-0.2, -0.15) is 5.10 Å². The topological polar surface area (TPSA) is 102 Å². The molecule has 2 aromatic heterocycles. The van der Waals surface area contributed by atoms with E-state index in [1.165, 1.54) is 28.2 Å². The summed E-state index contributed by atoms with van der Waals surface area (Å²) in [6.07, 6.45) is 5.33. The fourth-order valence-corrected chi connectivity index (χ4v) is 4.79. The molecule has 0 saturated carbocycles. The van der Waals surface area contributed by atoms with Crippen LogP contribution in [0.15, 0.2) is 16.9 Å². The lowest BCUT2D eigenvalue weighted by Crippen LogP contribution is -2.28. The average molecular weight is 433 g/mol. The third-order valence-corrected chi connectivity index (χ3v) is 6.18. The Balaban J connectivity index is 1.84. The van der Waals surface area contributed by atoms with Crippen molar-refractivity contribution in [2.75, 3.05) is 25.6 Å². The molecule has 2 heterocycles. The van der Waals surface area contributed by atoms with Crippen molar-refractivity contribution < 1.29 is 14.3 Å². The molecule has 0 fully saturated rings. The van der Waals surface area contributed by atoms with Gasteiger partial charge in [0, 0.05) is 37.7 Å². The Kier molecular flexibility index (Phi) is 7.75. The Hall–Kier alpha value is -2.52. The van der Waals surface area contributed by atoms with Crippen molar-refractivity contribution in [2.24, 2.45) is 0 Å². The highest BCUT2D eigenvalue weighted by molar-refractivity contribution is 7.17. The summed E-state index contributed by atoms with van der Waals surface area (Å²) in [7, 11) is 1.63. The molecule has 1 aliphatic carbocycles. The van der Waals surface area contributed by atoms with Crippen LogP contribution < -0.4 is 16.2 Å². The van der Waals surface area contributed by atoms with Crippen LogP contribution in [0.4, 0.5) is 5.00 Å². The SMILES string of the molecule is CCCn1nc(C(=O)Nc2sc3c(c2C(=O)NCCCOC)CCCC3)ccc1=O. The van der Waals surface area contributed by atoms with Gasteiger partial charge in [0.25, 0.3) is 17.4 Å². The summed E-state index contributed by atoms with van der Waals surface area (Å²) in [6.45, 7) is 3.47. The fraction of sp³-hybridized carbons (Fsp3) is 0.524. The number of fused-ring (bicyclic) bond motifs is 1. The van der Waals surface area contributed by atoms with Gasteiger partial charge in [0.2, 0.25) is 0 Å². The Morgan fingerprint density at radius 2 is 2.03 bits per heavy atom. The van der Waals surface area contributed by atoms with Crippen LogP contribution in [0.3, 0.4) is 0 Å². The number of anilines is 1. The lowest BCUT2D eigenvalue weighted by atomic mass is 9.95. The standard InChI is InChI=1S/C21H28N4O4S/c1-3-12-25-17(26)10-9-15(24-25)19(27)23-21-18(20(28)22-11-6-13-29-2)14-7-4-5-8-16(14)30-21/h9-10H,3-8,11-13H2,1-2H3,(H,22,28)(H,23,27). The maximum atomic E-state index is 12.9. The largest absolute Gasteiger partial charge is 0.385 e. The zero-order valence-corrected chi connectivity index (χ0v) is 18.3. The van der Waals surface area contributed by atoms with Crippen molar-refractivity contribution in [2.45, 2.75) is 52.0 Å². The third kappa shape index (κ3) is 5.14. The Morgan fingerprint density at radius 3 is 2.80 bits per heavy atom. The van der Waals surface area contributed by atoms with Crippen LogP contribution in [-0.2, 0) is 24.1 Å². The number of aromatic nitrogens is 2. The number of aryl methyl sites for hydroxylation is 2. The molecule has 0 saturated heterocycles. The van der Waals surface area contributed by atoms with E-state index in [0.29, 0.717) is 30.3 Å². The average Bonchev–Trinajstić information content (AvgIpc) is 3.10. The van der Waals surface area contributed by atoms with Gasteiger partial charge in [0.1, 0.15) is 10.7 Å². The summed E-state index contributed by atoms with van der Waals surface area (Å²) in [6, 6.07) is 2.77. The van der Waals surface area contributed by atoms with Crippen LogP contribution in [0, 0.1) is 0 Å². The first-order valence-corrected chi connectivity index (χ1v) is 11.2. The molecule has 8 nitrogen and oxygen atoms in total. The molecule has 0 atom stereocenters. The highest BCUT2D eigenvalue weighted by Gasteiger charge is 2.26. The first-order chi connectivity index (χ1) is 14.5. The van der Waals surface area contributed by atoms with Crippen molar-refractivity contribution in [3.8, 4) is 0 Å². The minimum absolute atomic E-state index is 0.154. The maximum absolute atomic E-state index is 12.9. The quantitative estimate of drug-likeness (QED) is 0.593. The Bertz CT molecular complexity index is 966. The summed E-state index contributed by atoms with van der Waals surface area (Å²) in [5.41, 5.74) is 1.51. The van der Waals surface area contributed by atoms with Gasteiger partial charge >= 0.3 is 0 Å². The second-order valence-electron chi connectivity index (χ2n) is 7.25. The van der Waals surface area contributed by atoms with E-state index in [2.05, 4.69) is 15.7 Å². The van der Waals surface area contributed by atoms with E-state index in [0.717, 1.165) is 49.0 Å². The van der Waals surface area contributed by atoms with Gasteiger partial charge in [0.05, 0.1) is 5.56 Å². The zero-order valence-electron chi connectivity index (χ0n) is 17.5. The fourth-order valence-electron chi connectivity index (χ4n) is 3.51. The van der Waals surface area contributed by atoms with Gasteiger partial charge in [-0.05, 0) is 50.2 Å². The number of rotatable bonds is 9. The summed E-state index contributed by atoms with van der Waals surface area (Å²) in [5.74, 6) is -0.600. The normalized spacial score (nSPS) is 13.0. The zero-order chi connectivity index (χ0) is 21.5. The van der Waals surface area contributed by atoms with E-state index in [1.807, 2.05) is 6.92 Å². The minimum atomic E-state index is -0.424. The highest BCUT2D eigenvalue weighted by atomic mass is 32.1. The van der Waals surface area contributed by atoms with E-state index in [1.54, 1.807) is 7.11 Å². The van der Waals surface area contributed by atoms with Gasteiger partial charge < -0.3 is 15.4 Å². The molecule has 2 aromatic rings. The lowest BCUT2D eigenvalue weighted by molar-refractivity contribution is 0.0948. The van der Waals surface area contributed by atoms with Crippen molar-refractivity contribution in [3.63, 3.8) is 0 Å². The highest BCUT2D eigenvalue weighted by Crippen LogP contribution is 2.38. The number of nitrogens with one attached hydrogen (secondary N) is 2. The van der Waals surface area contributed by atoms with E-state index in [-0.39, 0.29) is 17.2 Å². The molecule has 3 rings (SSSR count). The molecule has 0 radical (unpaired) electrons. The first kappa shape index (κ1) is 22.2.